The van der Waals surface area contributed by atoms with Crippen LogP contribution in [-0.2, 0) is 0 Å². The summed E-state index contributed by atoms with van der Waals surface area (Å²) < 4.78 is 4.19. The van der Waals surface area contributed by atoms with Crippen LogP contribution in [0, 0.1) is 13.8 Å². The normalized spacial score (nSPS) is 12.1. The third-order valence-corrected chi connectivity index (χ3v) is 6.11. The molecule has 17 heavy (non-hydrogen) atoms. The highest BCUT2D eigenvalue weighted by atomic mass is 32.1. The lowest BCUT2D eigenvalue weighted by Crippen LogP contribution is -1.70. The quantitative estimate of drug-likeness (QED) is 0.422. The summed E-state index contributed by atoms with van der Waals surface area (Å²) in [5, 5.41) is 2.72. The Labute approximate surface area is 110 Å². The Balaban J connectivity index is 2.46. The molecule has 3 heterocycles. The summed E-state index contributed by atoms with van der Waals surface area (Å²) in [5.74, 6) is 0. The van der Waals surface area contributed by atoms with Gasteiger partial charge in [0, 0.05) is 20.5 Å². The Hall–Kier alpha value is -0.970. The van der Waals surface area contributed by atoms with E-state index in [-0.39, 0.29) is 0 Å². The second kappa shape index (κ2) is 3.28. The van der Waals surface area contributed by atoms with E-state index in [1.165, 1.54) is 40.1 Å². The minimum Gasteiger partial charge on any atom is -0.244 e. The first-order chi connectivity index (χ1) is 8.24. The molecular formula is C13H9NS3. The van der Waals surface area contributed by atoms with E-state index in [0.29, 0.717) is 0 Å². The van der Waals surface area contributed by atoms with Crippen LogP contribution < -0.4 is 0 Å². The van der Waals surface area contributed by atoms with Crippen molar-refractivity contribution >= 4 is 64.4 Å². The molecule has 4 heteroatoms. The first-order valence-electron chi connectivity index (χ1n) is 5.39. The molecule has 0 aliphatic carbocycles. The predicted octanol–water partition coefficient (Wildman–Crippen LogP) is 5.34. The summed E-state index contributed by atoms with van der Waals surface area (Å²) in [4.78, 5) is 7.30. The summed E-state index contributed by atoms with van der Waals surface area (Å²) in [6.07, 6.45) is 0. The van der Waals surface area contributed by atoms with Crippen LogP contribution in [0.5, 0.6) is 0 Å². The summed E-state index contributed by atoms with van der Waals surface area (Å²) in [5.41, 5.74) is 3.14. The van der Waals surface area contributed by atoms with Gasteiger partial charge in [-0.05, 0) is 26.0 Å². The van der Waals surface area contributed by atoms with Gasteiger partial charge in [-0.25, -0.2) is 4.98 Å². The number of hydrogen-bond acceptors (Lipinski definition) is 4. The zero-order valence-corrected chi connectivity index (χ0v) is 11.9. The maximum absolute atomic E-state index is 4.55. The number of thiophene rings is 2. The van der Waals surface area contributed by atoms with Gasteiger partial charge in [0.2, 0.25) is 0 Å². The van der Waals surface area contributed by atoms with Crippen molar-refractivity contribution in [1.82, 2.24) is 4.98 Å². The van der Waals surface area contributed by atoms with E-state index in [4.69, 9.17) is 0 Å². The largest absolute Gasteiger partial charge is 0.244 e. The maximum atomic E-state index is 4.55. The Bertz CT molecular complexity index is 792. The third kappa shape index (κ3) is 1.26. The molecule has 0 saturated carbocycles. The number of benzene rings is 1. The molecule has 0 atom stereocenters. The predicted molar refractivity (Wildman–Crippen MR) is 79.9 cm³/mol. The summed E-state index contributed by atoms with van der Waals surface area (Å²) in [6.45, 7) is 4.36. The number of fused-ring (bicyclic) bond motifs is 6. The topological polar surface area (TPSA) is 12.9 Å². The van der Waals surface area contributed by atoms with Crippen LogP contribution in [0.25, 0.3) is 30.4 Å². The van der Waals surface area contributed by atoms with Crippen molar-refractivity contribution < 1.29 is 0 Å². The number of aryl methyl sites for hydroxylation is 2. The van der Waals surface area contributed by atoms with Gasteiger partial charge < -0.3 is 0 Å². The lowest BCUT2D eigenvalue weighted by molar-refractivity contribution is 1.52. The Morgan fingerprint density at radius 1 is 0.882 bits per heavy atom. The summed E-state index contributed by atoms with van der Waals surface area (Å²) >= 11 is 5.55. The lowest BCUT2D eigenvalue weighted by atomic mass is 10.2. The zero-order valence-electron chi connectivity index (χ0n) is 9.40. The average Bonchev–Trinajstić information content (AvgIpc) is 2.91. The van der Waals surface area contributed by atoms with Crippen LogP contribution in [0.4, 0.5) is 0 Å². The van der Waals surface area contributed by atoms with Gasteiger partial charge in [0.15, 0.2) is 0 Å². The molecule has 0 fully saturated rings. The van der Waals surface area contributed by atoms with Crippen LogP contribution >= 0.6 is 34.0 Å². The maximum Gasteiger partial charge on any atom is 0.0906 e. The molecule has 1 nitrogen and oxygen atoms in total. The van der Waals surface area contributed by atoms with E-state index in [1.54, 1.807) is 11.3 Å². The van der Waals surface area contributed by atoms with Crippen LogP contribution in [0.1, 0.15) is 9.75 Å². The number of thiazole rings is 1. The average molecular weight is 275 g/mol. The van der Waals surface area contributed by atoms with Crippen molar-refractivity contribution in [3.05, 3.63) is 27.4 Å². The van der Waals surface area contributed by atoms with Crippen LogP contribution in [0.3, 0.4) is 0 Å². The third-order valence-electron chi connectivity index (χ3n) is 2.98. The van der Waals surface area contributed by atoms with Crippen molar-refractivity contribution in [2.24, 2.45) is 0 Å². The number of nitrogens with zero attached hydrogens (tertiary/aromatic N) is 1. The summed E-state index contributed by atoms with van der Waals surface area (Å²) in [7, 11) is 0. The van der Waals surface area contributed by atoms with Gasteiger partial charge in [-0.1, -0.05) is 0 Å². The molecule has 0 N–H and O–H groups in total. The Morgan fingerprint density at radius 2 is 1.53 bits per heavy atom. The van der Waals surface area contributed by atoms with Gasteiger partial charge in [0.1, 0.15) is 0 Å². The molecule has 0 unspecified atom stereocenters. The van der Waals surface area contributed by atoms with Crippen LogP contribution in [-0.4, -0.2) is 4.98 Å². The molecule has 3 aromatic heterocycles. The molecule has 4 aromatic rings. The SMILES string of the molecule is Cc1cc2c3ncsc3c3cc(C)sc3c2s1. The molecule has 0 bridgehead atoms. The zero-order chi connectivity index (χ0) is 11.6. The number of hydrogen-bond donors (Lipinski definition) is 0. The van der Waals surface area contributed by atoms with Gasteiger partial charge in [0.05, 0.1) is 25.1 Å². The van der Waals surface area contributed by atoms with Gasteiger partial charge in [-0.2, -0.15) is 0 Å². The molecular weight excluding hydrogens is 266 g/mol. The van der Waals surface area contributed by atoms with E-state index in [9.17, 15) is 0 Å². The van der Waals surface area contributed by atoms with Crippen LogP contribution in [0.15, 0.2) is 17.6 Å². The molecule has 0 saturated heterocycles. The van der Waals surface area contributed by atoms with E-state index >= 15 is 0 Å². The highest BCUT2D eigenvalue weighted by molar-refractivity contribution is 7.28. The minimum absolute atomic E-state index is 1.18. The smallest absolute Gasteiger partial charge is 0.0906 e. The molecule has 0 amide bonds. The monoisotopic (exact) mass is 275 g/mol. The van der Waals surface area contributed by atoms with Crippen molar-refractivity contribution in [3.63, 3.8) is 0 Å². The van der Waals surface area contributed by atoms with Gasteiger partial charge in [0.25, 0.3) is 0 Å². The van der Waals surface area contributed by atoms with Gasteiger partial charge >= 0.3 is 0 Å². The van der Waals surface area contributed by atoms with Gasteiger partial charge in [-0.15, -0.1) is 34.0 Å². The lowest BCUT2D eigenvalue weighted by Gasteiger charge is -1.95. The first-order valence-corrected chi connectivity index (χ1v) is 7.91. The van der Waals surface area contributed by atoms with Crippen LogP contribution in [0.2, 0.25) is 0 Å². The van der Waals surface area contributed by atoms with Crippen molar-refractivity contribution in [2.45, 2.75) is 13.8 Å². The second-order valence-corrected chi connectivity index (χ2v) is 7.60. The van der Waals surface area contributed by atoms with E-state index < -0.39 is 0 Å². The molecule has 0 aliphatic rings. The van der Waals surface area contributed by atoms with E-state index in [1.807, 2.05) is 28.2 Å². The molecule has 0 radical (unpaired) electrons. The molecule has 0 spiro atoms. The number of rotatable bonds is 0. The Kier molecular flexibility index (Phi) is 1.93. The van der Waals surface area contributed by atoms with Crippen molar-refractivity contribution in [2.75, 3.05) is 0 Å². The van der Waals surface area contributed by atoms with Crippen molar-refractivity contribution in [1.29, 1.82) is 0 Å². The fourth-order valence-corrected chi connectivity index (χ4v) is 5.42. The van der Waals surface area contributed by atoms with E-state index in [0.717, 1.165) is 0 Å². The molecule has 0 aliphatic heterocycles. The number of aromatic nitrogens is 1. The molecule has 4 rings (SSSR count). The fourth-order valence-electron chi connectivity index (χ4n) is 2.34. The minimum atomic E-state index is 1.18. The molecule has 84 valence electrons. The fraction of sp³-hybridized carbons (Fsp3) is 0.154. The van der Waals surface area contributed by atoms with Gasteiger partial charge in [-0.3, -0.25) is 0 Å². The highest BCUT2D eigenvalue weighted by Crippen LogP contribution is 2.43. The first kappa shape index (κ1) is 10.00. The highest BCUT2D eigenvalue weighted by Gasteiger charge is 2.14. The molecule has 1 aromatic carbocycles. The second-order valence-electron chi connectivity index (χ2n) is 4.23. The van der Waals surface area contributed by atoms with E-state index in [2.05, 4.69) is 31.0 Å². The standard InChI is InChI=1S/C13H9NS3/c1-6-3-8-10-11(15-5-14-10)9-4-7(2)17-13(9)12(8)16-6/h3-5H,1-2H3. The van der Waals surface area contributed by atoms with Crippen molar-refractivity contribution in [3.8, 4) is 0 Å². The Morgan fingerprint density at radius 3 is 2.29 bits per heavy atom. The summed E-state index contributed by atoms with van der Waals surface area (Å²) in [6, 6.07) is 4.57.